The number of carbonyl (C=O) groups is 3. The average molecular weight is 256 g/mol. The number of alkyl carbamates (subject to hydrolysis) is 1. The molecule has 0 aliphatic heterocycles. The number of rotatable bonds is 9. The number of primary amides is 1. The van der Waals surface area contributed by atoms with Gasteiger partial charge in [0.15, 0.2) is 0 Å². The molecule has 0 bridgehead atoms. The van der Waals surface area contributed by atoms with Crippen molar-refractivity contribution in [2.24, 2.45) is 5.73 Å². The number of carbonyl (C=O) groups excluding carboxylic acids is 3. The first-order chi connectivity index (χ1) is 8.60. The van der Waals surface area contributed by atoms with Crippen LogP contribution in [0.25, 0.3) is 0 Å². The fourth-order valence-corrected chi connectivity index (χ4v) is 1.20. The fraction of sp³-hybridized carbons (Fsp3) is 0.583. The summed E-state index contributed by atoms with van der Waals surface area (Å²) in [6.45, 7) is 2.41. The van der Waals surface area contributed by atoms with Crippen LogP contribution in [-0.2, 0) is 14.3 Å². The highest BCUT2D eigenvalue weighted by Crippen LogP contribution is 1.99. The molecule has 1 unspecified atom stereocenters. The van der Waals surface area contributed by atoms with Crippen molar-refractivity contribution in [1.29, 1.82) is 0 Å². The molecular weight excluding hydrogens is 236 g/mol. The van der Waals surface area contributed by atoms with Crippen molar-refractivity contribution < 1.29 is 19.1 Å². The van der Waals surface area contributed by atoms with Gasteiger partial charge in [-0.1, -0.05) is 26.2 Å². The lowest BCUT2D eigenvalue weighted by atomic mass is 10.2. The van der Waals surface area contributed by atoms with E-state index in [1.54, 1.807) is 0 Å². The molecule has 1 atom stereocenters. The molecule has 0 aromatic heterocycles. The summed E-state index contributed by atoms with van der Waals surface area (Å²) in [6.07, 6.45) is 6.02. The number of hydrogen-bond donors (Lipinski definition) is 2. The van der Waals surface area contributed by atoms with E-state index in [9.17, 15) is 14.4 Å². The maximum Gasteiger partial charge on any atom is 0.407 e. The Hall–Kier alpha value is -1.85. The molecule has 0 aromatic carbocycles. The Morgan fingerprint density at radius 3 is 2.61 bits per heavy atom. The van der Waals surface area contributed by atoms with Crippen molar-refractivity contribution in [2.75, 3.05) is 6.61 Å². The van der Waals surface area contributed by atoms with Crippen LogP contribution in [0.15, 0.2) is 12.2 Å². The van der Waals surface area contributed by atoms with Gasteiger partial charge < -0.3 is 20.6 Å². The summed E-state index contributed by atoms with van der Waals surface area (Å²) in [7, 11) is 0. The smallest absolute Gasteiger partial charge is 0.407 e. The third-order valence-corrected chi connectivity index (χ3v) is 2.13. The predicted octanol–water partition coefficient (Wildman–Crippen LogP) is 0.902. The molecule has 18 heavy (non-hydrogen) atoms. The highest BCUT2D eigenvalue weighted by atomic mass is 16.5. The molecular formula is C12H20N2O4. The first-order valence-electron chi connectivity index (χ1n) is 5.96. The van der Waals surface area contributed by atoms with Gasteiger partial charge in [0.05, 0.1) is 6.61 Å². The zero-order valence-electron chi connectivity index (χ0n) is 10.6. The highest BCUT2D eigenvalue weighted by Gasteiger charge is 2.08. The molecule has 0 heterocycles. The van der Waals surface area contributed by atoms with Crippen molar-refractivity contribution in [2.45, 2.75) is 38.6 Å². The average Bonchev–Trinajstić information content (AvgIpc) is 2.34. The quantitative estimate of drug-likeness (QED) is 0.364. The van der Waals surface area contributed by atoms with Gasteiger partial charge in [0, 0.05) is 6.08 Å². The van der Waals surface area contributed by atoms with E-state index >= 15 is 0 Å². The van der Waals surface area contributed by atoms with E-state index in [2.05, 4.69) is 12.2 Å². The van der Waals surface area contributed by atoms with Crippen molar-refractivity contribution in [3.05, 3.63) is 12.2 Å². The van der Waals surface area contributed by atoms with Crippen LogP contribution >= 0.6 is 0 Å². The van der Waals surface area contributed by atoms with Gasteiger partial charge in [-0.3, -0.25) is 4.79 Å². The number of amides is 2. The topological polar surface area (TPSA) is 98.5 Å². The third-order valence-electron chi connectivity index (χ3n) is 2.13. The van der Waals surface area contributed by atoms with E-state index in [0.717, 1.165) is 31.8 Å². The Bertz CT molecular complexity index is 302. The second kappa shape index (κ2) is 10.3. The van der Waals surface area contributed by atoms with Crippen molar-refractivity contribution >= 4 is 18.3 Å². The Balaban J connectivity index is 3.83. The van der Waals surface area contributed by atoms with E-state index in [-0.39, 0.29) is 0 Å². The molecule has 0 saturated heterocycles. The van der Waals surface area contributed by atoms with Gasteiger partial charge >= 0.3 is 6.09 Å². The van der Waals surface area contributed by atoms with E-state index in [4.69, 9.17) is 10.5 Å². The second-order valence-corrected chi connectivity index (χ2v) is 3.76. The van der Waals surface area contributed by atoms with Crippen LogP contribution in [-0.4, -0.2) is 30.9 Å². The maximum atomic E-state index is 11.2. The maximum absolute atomic E-state index is 11.2. The molecule has 0 spiro atoms. The molecule has 2 amide bonds. The monoisotopic (exact) mass is 256 g/mol. The van der Waals surface area contributed by atoms with E-state index in [0.29, 0.717) is 12.9 Å². The minimum atomic E-state index is -0.902. The molecule has 0 saturated carbocycles. The molecule has 0 rings (SSSR count). The molecule has 3 N–H and O–H groups in total. The molecule has 102 valence electrons. The summed E-state index contributed by atoms with van der Waals surface area (Å²) in [6, 6.07) is -0.902. The van der Waals surface area contributed by atoms with E-state index in [1.807, 2.05) is 0 Å². The van der Waals surface area contributed by atoms with Crippen molar-refractivity contribution in [3.8, 4) is 0 Å². The van der Waals surface area contributed by atoms with Crippen LogP contribution in [0, 0.1) is 0 Å². The number of ether oxygens (including phenoxy) is 1. The van der Waals surface area contributed by atoms with Gasteiger partial charge in [-0.25, -0.2) is 4.79 Å². The lowest BCUT2D eigenvalue weighted by Gasteiger charge is -2.09. The van der Waals surface area contributed by atoms with Gasteiger partial charge in [-0.15, -0.1) is 0 Å². The third kappa shape index (κ3) is 9.38. The first-order valence-corrected chi connectivity index (χ1v) is 5.96. The van der Waals surface area contributed by atoms with E-state index in [1.165, 1.54) is 6.08 Å². The van der Waals surface area contributed by atoms with Gasteiger partial charge in [0.25, 0.3) is 0 Å². The van der Waals surface area contributed by atoms with E-state index < -0.39 is 18.0 Å². The Kier molecular flexibility index (Phi) is 9.25. The summed E-state index contributed by atoms with van der Waals surface area (Å²) in [5.74, 6) is -0.684. The number of nitrogens with two attached hydrogens (primary N) is 1. The fourth-order valence-electron chi connectivity index (χ4n) is 1.20. The first kappa shape index (κ1) is 16.1. The van der Waals surface area contributed by atoms with Gasteiger partial charge in [-0.2, -0.15) is 0 Å². The van der Waals surface area contributed by atoms with Crippen LogP contribution in [0.4, 0.5) is 4.79 Å². The number of nitrogens with one attached hydrogen (secondary N) is 1. The molecule has 6 nitrogen and oxygen atoms in total. The molecule has 0 fully saturated rings. The second-order valence-electron chi connectivity index (χ2n) is 3.76. The standard InChI is InChI=1S/C12H20N2O4/c1-2-3-4-5-8-18-12(17)14-10(9-15)6-7-11(13)16/h6-7,9-10H,2-5,8H2,1H3,(H2,13,16)(H,14,17)/b7-6+. The number of hydrogen-bond acceptors (Lipinski definition) is 4. The minimum absolute atomic E-state index is 0.316. The number of aldehydes is 1. The van der Waals surface area contributed by atoms with Crippen LogP contribution in [0.2, 0.25) is 0 Å². The molecule has 0 aliphatic carbocycles. The summed E-state index contributed by atoms with van der Waals surface area (Å²) in [4.78, 5) is 32.3. The summed E-state index contributed by atoms with van der Waals surface area (Å²) in [5, 5.41) is 2.29. The lowest BCUT2D eigenvalue weighted by molar-refractivity contribution is -0.113. The van der Waals surface area contributed by atoms with Crippen LogP contribution in [0.3, 0.4) is 0 Å². The zero-order valence-corrected chi connectivity index (χ0v) is 10.6. The van der Waals surface area contributed by atoms with Crippen LogP contribution in [0.5, 0.6) is 0 Å². The van der Waals surface area contributed by atoms with Crippen LogP contribution in [0.1, 0.15) is 32.6 Å². The number of unbranched alkanes of at least 4 members (excludes halogenated alkanes) is 3. The Labute approximate surface area is 107 Å². The Morgan fingerprint density at radius 1 is 1.33 bits per heavy atom. The molecule has 0 aromatic rings. The predicted molar refractivity (Wildman–Crippen MR) is 66.8 cm³/mol. The largest absolute Gasteiger partial charge is 0.450 e. The Morgan fingerprint density at radius 2 is 2.06 bits per heavy atom. The van der Waals surface area contributed by atoms with Gasteiger partial charge in [0.2, 0.25) is 5.91 Å². The van der Waals surface area contributed by atoms with Crippen LogP contribution < -0.4 is 11.1 Å². The summed E-state index contributed by atoms with van der Waals surface area (Å²) < 4.78 is 4.87. The lowest BCUT2D eigenvalue weighted by Crippen LogP contribution is -2.35. The highest BCUT2D eigenvalue weighted by molar-refractivity contribution is 5.87. The van der Waals surface area contributed by atoms with Gasteiger partial charge in [0.1, 0.15) is 12.3 Å². The minimum Gasteiger partial charge on any atom is -0.450 e. The van der Waals surface area contributed by atoms with Crippen molar-refractivity contribution in [3.63, 3.8) is 0 Å². The normalized spacial score (nSPS) is 12.1. The molecule has 0 radical (unpaired) electrons. The van der Waals surface area contributed by atoms with Crippen molar-refractivity contribution in [1.82, 2.24) is 5.32 Å². The van der Waals surface area contributed by atoms with Gasteiger partial charge in [-0.05, 0) is 12.5 Å². The zero-order chi connectivity index (χ0) is 13.8. The molecule has 0 aliphatic rings. The molecule has 6 heteroatoms. The summed E-state index contributed by atoms with van der Waals surface area (Å²) in [5.41, 5.74) is 4.87. The summed E-state index contributed by atoms with van der Waals surface area (Å²) >= 11 is 0. The SMILES string of the molecule is CCCCCCOC(=O)NC(C=O)/C=C/C(N)=O.